The van der Waals surface area contributed by atoms with Gasteiger partial charge in [0.1, 0.15) is 5.76 Å². The molecule has 0 N–H and O–H groups in total. The average molecular weight is 233 g/mol. The molecule has 0 spiro atoms. The Kier molecular flexibility index (Phi) is 3.82. The fraction of sp³-hybridized carbons (Fsp3) is 0.615. The van der Waals surface area contributed by atoms with Gasteiger partial charge in [-0.3, -0.25) is 4.90 Å². The molecule has 0 saturated carbocycles. The normalized spacial score (nSPS) is 26.9. The van der Waals surface area contributed by atoms with E-state index in [0.717, 1.165) is 25.4 Å². The minimum atomic E-state index is 0.304. The molecular formula is C13H19N3O. The summed E-state index contributed by atoms with van der Waals surface area (Å²) in [5.74, 6) is 0.976. The maximum Gasteiger partial charge on any atom is 0.117 e. The molecule has 2 atom stereocenters. The number of hydrogen-bond acceptors (Lipinski definition) is 4. The van der Waals surface area contributed by atoms with Crippen LogP contribution in [0.1, 0.15) is 19.1 Å². The maximum atomic E-state index is 8.92. The number of likely N-dealkylation sites (N-methyl/N-ethyl adjacent to an activating group) is 1. The Morgan fingerprint density at radius 3 is 3.00 bits per heavy atom. The van der Waals surface area contributed by atoms with Gasteiger partial charge < -0.3 is 9.32 Å². The van der Waals surface area contributed by atoms with Crippen LogP contribution in [0.3, 0.4) is 0 Å². The van der Waals surface area contributed by atoms with Crippen LogP contribution in [0.4, 0.5) is 0 Å². The smallest absolute Gasteiger partial charge is 0.117 e. The van der Waals surface area contributed by atoms with Crippen LogP contribution in [0.2, 0.25) is 0 Å². The van der Waals surface area contributed by atoms with Gasteiger partial charge in [-0.2, -0.15) is 5.26 Å². The molecular weight excluding hydrogens is 214 g/mol. The Bertz CT molecular complexity index is 382. The maximum absolute atomic E-state index is 8.92. The molecule has 1 aromatic heterocycles. The van der Waals surface area contributed by atoms with E-state index in [1.54, 1.807) is 6.26 Å². The van der Waals surface area contributed by atoms with E-state index in [0.29, 0.717) is 18.5 Å². The van der Waals surface area contributed by atoms with Crippen molar-refractivity contribution in [1.29, 1.82) is 5.26 Å². The number of hydrogen-bond donors (Lipinski definition) is 0. The lowest BCUT2D eigenvalue weighted by Gasteiger charge is -2.43. The monoisotopic (exact) mass is 233 g/mol. The Morgan fingerprint density at radius 1 is 1.53 bits per heavy atom. The fourth-order valence-corrected chi connectivity index (χ4v) is 2.61. The Morgan fingerprint density at radius 2 is 2.35 bits per heavy atom. The first-order chi connectivity index (χ1) is 8.20. The third kappa shape index (κ3) is 2.87. The molecule has 4 heteroatoms. The molecule has 0 bridgehead atoms. The van der Waals surface area contributed by atoms with Crippen molar-refractivity contribution in [3.05, 3.63) is 24.2 Å². The van der Waals surface area contributed by atoms with Crippen LogP contribution in [0.25, 0.3) is 0 Å². The van der Waals surface area contributed by atoms with Crippen molar-refractivity contribution < 1.29 is 4.42 Å². The zero-order valence-corrected chi connectivity index (χ0v) is 10.5. The minimum Gasteiger partial charge on any atom is -0.468 e. The van der Waals surface area contributed by atoms with Crippen LogP contribution in [0, 0.1) is 11.3 Å². The lowest BCUT2D eigenvalue weighted by Crippen LogP contribution is -2.55. The van der Waals surface area contributed by atoms with Crippen LogP contribution in [-0.4, -0.2) is 42.0 Å². The average Bonchev–Trinajstić information content (AvgIpc) is 2.76. The molecule has 2 unspecified atom stereocenters. The van der Waals surface area contributed by atoms with Gasteiger partial charge in [0.2, 0.25) is 0 Å². The van der Waals surface area contributed by atoms with Gasteiger partial charge in [0.05, 0.1) is 25.3 Å². The van der Waals surface area contributed by atoms with E-state index in [1.165, 1.54) is 0 Å². The highest BCUT2D eigenvalue weighted by Gasteiger charge is 2.30. The molecule has 2 rings (SSSR count). The van der Waals surface area contributed by atoms with Crippen LogP contribution >= 0.6 is 0 Å². The second-order valence-electron chi connectivity index (χ2n) is 4.84. The second-order valence-corrected chi connectivity index (χ2v) is 4.84. The van der Waals surface area contributed by atoms with Gasteiger partial charge in [-0.25, -0.2) is 0 Å². The van der Waals surface area contributed by atoms with Gasteiger partial charge in [0, 0.05) is 25.2 Å². The standard InChI is InChI=1S/C13H19N3O/c1-11-8-15(2)9-12(5-6-14)16(11)10-13-4-3-7-17-13/h3-4,7,11-12H,5,8-10H2,1-2H3. The molecule has 1 fully saturated rings. The number of piperazine rings is 1. The van der Waals surface area contributed by atoms with Crippen molar-refractivity contribution >= 4 is 0 Å². The van der Waals surface area contributed by atoms with Crippen molar-refractivity contribution in [2.45, 2.75) is 32.0 Å². The molecule has 0 aliphatic carbocycles. The summed E-state index contributed by atoms with van der Waals surface area (Å²) in [7, 11) is 2.12. The zero-order chi connectivity index (χ0) is 12.3. The van der Waals surface area contributed by atoms with E-state index in [2.05, 4.69) is 29.8 Å². The van der Waals surface area contributed by atoms with Crippen LogP contribution in [0.5, 0.6) is 0 Å². The van der Waals surface area contributed by atoms with Crippen molar-refractivity contribution in [2.24, 2.45) is 0 Å². The molecule has 2 heterocycles. The summed E-state index contributed by atoms with van der Waals surface area (Å²) in [5, 5.41) is 8.92. The van der Waals surface area contributed by atoms with Gasteiger partial charge in [0.25, 0.3) is 0 Å². The first-order valence-corrected chi connectivity index (χ1v) is 6.04. The number of furan rings is 1. The van der Waals surface area contributed by atoms with Gasteiger partial charge >= 0.3 is 0 Å². The lowest BCUT2D eigenvalue weighted by molar-refractivity contribution is 0.0341. The van der Waals surface area contributed by atoms with Crippen LogP contribution in [-0.2, 0) is 6.54 Å². The van der Waals surface area contributed by atoms with Crippen molar-refractivity contribution in [2.75, 3.05) is 20.1 Å². The second kappa shape index (κ2) is 5.35. The van der Waals surface area contributed by atoms with Gasteiger partial charge in [-0.15, -0.1) is 0 Å². The first-order valence-electron chi connectivity index (χ1n) is 6.04. The highest BCUT2D eigenvalue weighted by atomic mass is 16.3. The van der Waals surface area contributed by atoms with Crippen molar-refractivity contribution in [3.8, 4) is 6.07 Å². The molecule has 1 saturated heterocycles. The van der Waals surface area contributed by atoms with Crippen molar-refractivity contribution in [3.63, 3.8) is 0 Å². The molecule has 1 aliphatic rings. The third-order valence-electron chi connectivity index (χ3n) is 3.38. The van der Waals surface area contributed by atoms with Crippen molar-refractivity contribution in [1.82, 2.24) is 9.80 Å². The summed E-state index contributed by atoms with van der Waals surface area (Å²) in [6.45, 7) is 5.01. The quantitative estimate of drug-likeness (QED) is 0.797. The Hall–Kier alpha value is -1.31. The van der Waals surface area contributed by atoms with E-state index in [-0.39, 0.29) is 0 Å². The van der Waals surface area contributed by atoms with Gasteiger partial charge in [0.15, 0.2) is 0 Å². The number of nitriles is 1. The highest BCUT2D eigenvalue weighted by Crippen LogP contribution is 2.20. The summed E-state index contributed by atoms with van der Waals surface area (Å²) in [6.07, 6.45) is 2.28. The fourth-order valence-electron chi connectivity index (χ4n) is 2.61. The number of nitrogens with zero attached hydrogens (tertiary/aromatic N) is 3. The molecule has 0 amide bonds. The summed E-state index contributed by atoms with van der Waals surface area (Å²) < 4.78 is 5.40. The molecule has 4 nitrogen and oxygen atoms in total. The van der Waals surface area contributed by atoms with E-state index in [9.17, 15) is 0 Å². The van der Waals surface area contributed by atoms with Crippen LogP contribution in [0.15, 0.2) is 22.8 Å². The lowest BCUT2D eigenvalue weighted by atomic mass is 10.0. The molecule has 92 valence electrons. The highest BCUT2D eigenvalue weighted by molar-refractivity contribution is 5.01. The summed E-state index contributed by atoms with van der Waals surface area (Å²) >= 11 is 0. The predicted molar refractivity (Wildman–Crippen MR) is 65.2 cm³/mol. The molecule has 1 aliphatic heterocycles. The largest absolute Gasteiger partial charge is 0.468 e. The Labute approximate surface area is 102 Å². The van der Waals surface area contributed by atoms with Gasteiger partial charge in [-0.1, -0.05) is 0 Å². The topological polar surface area (TPSA) is 43.4 Å². The molecule has 0 radical (unpaired) electrons. The zero-order valence-electron chi connectivity index (χ0n) is 10.5. The summed E-state index contributed by atoms with van der Waals surface area (Å²) in [5.41, 5.74) is 0. The SMILES string of the molecule is CC1CN(C)CC(CC#N)N1Cc1ccco1. The number of rotatable bonds is 3. The third-order valence-corrected chi connectivity index (χ3v) is 3.38. The summed E-state index contributed by atoms with van der Waals surface area (Å²) in [4.78, 5) is 4.67. The van der Waals surface area contributed by atoms with E-state index in [1.807, 2.05) is 12.1 Å². The van der Waals surface area contributed by atoms with E-state index in [4.69, 9.17) is 9.68 Å². The molecule has 17 heavy (non-hydrogen) atoms. The van der Waals surface area contributed by atoms with Crippen LogP contribution < -0.4 is 0 Å². The Balaban J connectivity index is 2.07. The van der Waals surface area contributed by atoms with E-state index < -0.39 is 0 Å². The van der Waals surface area contributed by atoms with E-state index >= 15 is 0 Å². The predicted octanol–water partition coefficient (Wildman–Crippen LogP) is 1.70. The minimum absolute atomic E-state index is 0.304. The summed E-state index contributed by atoms with van der Waals surface area (Å²) in [6, 6.07) is 6.96. The molecule has 1 aromatic rings. The van der Waals surface area contributed by atoms with Gasteiger partial charge in [-0.05, 0) is 26.1 Å². The molecule has 0 aromatic carbocycles. The first kappa shape index (κ1) is 12.2.